The van der Waals surface area contributed by atoms with Crippen LogP contribution in [-0.4, -0.2) is 15.5 Å². The molecule has 0 fully saturated rings. The number of aryl methyl sites for hydroxylation is 1. The van der Waals surface area contributed by atoms with E-state index in [4.69, 9.17) is 5.73 Å². The minimum absolute atomic E-state index is 0.420. The minimum atomic E-state index is -0.420. The summed E-state index contributed by atoms with van der Waals surface area (Å²) in [7, 11) is 0. The second-order valence-corrected chi connectivity index (χ2v) is 7.21. The molecule has 4 heteroatoms. The predicted molar refractivity (Wildman–Crippen MR) is 117 cm³/mol. The van der Waals surface area contributed by atoms with Crippen molar-refractivity contribution in [3.05, 3.63) is 96.3 Å². The standard InChI is InChI=1S/C25H19N3O/c1-16-15-28(20-11-9-17(10-12-20)25(26)29)23-8-4-6-21(24(16)23)19-13-18-5-2-3-7-22(18)27-14-19/h2-15H,1H3,(H2,26,29). The SMILES string of the molecule is Cc1cn(-c2ccc(C(N)=O)cc2)c2cccc(-c3cnc4ccccc4c3)c12. The number of pyridine rings is 1. The van der Waals surface area contributed by atoms with Crippen molar-refractivity contribution in [2.24, 2.45) is 5.73 Å². The van der Waals surface area contributed by atoms with Crippen LogP contribution >= 0.6 is 0 Å². The highest BCUT2D eigenvalue weighted by atomic mass is 16.1. The lowest BCUT2D eigenvalue weighted by Gasteiger charge is -2.09. The number of hydrogen-bond donors (Lipinski definition) is 1. The Morgan fingerprint density at radius 2 is 1.76 bits per heavy atom. The first-order chi connectivity index (χ1) is 14.1. The Labute approximate surface area is 168 Å². The maximum absolute atomic E-state index is 11.4. The van der Waals surface area contributed by atoms with E-state index in [2.05, 4.69) is 53.0 Å². The van der Waals surface area contributed by atoms with Crippen LogP contribution in [0.15, 0.2) is 85.2 Å². The molecular weight excluding hydrogens is 358 g/mol. The Bertz CT molecular complexity index is 1380. The highest BCUT2D eigenvalue weighted by Gasteiger charge is 2.13. The molecule has 2 heterocycles. The summed E-state index contributed by atoms with van der Waals surface area (Å²) in [6, 6.07) is 24.0. The van der Waals surface area contributed by atoms with Crippen LogP contribution in [0.25, 0.3) is 38.6 Å². The van der Waals surface area contributed by atoms with Crippen molar-refractivity contribution in [1.82, 2.24) is 9.55 Å². The van der Waals surface area contributed by atoms with E-state index in [0.29, 0.717) is 5.56 Å². The number of nitrogens with two attached hydrogens (primary N) is 1. The van der Waals surface area contributed by atoms with Gasteiger partial charge in [0.1, 0.15) is 0 Å². The summed E-state index contributed by atoms with van der Waals surface area (Å²) in [5, 5.41) is 2.32. The largest absolute Gasteiger partial charge is 0.366 e. The summed E-state index contributed by atoms with van der Waals surface area (Å²) in [6.45, 7) is 2.12. The van der Waals surface area contributed by atoms with Crippen molar-refractivity contribution in [3.63, 3.8) is 0 Å². The number of carbonyl (C=O) groups is 1. The van der Waals surface area contributed by atoms with Crippen LogP contribution in [0.5, 0.6) is 0 Å². The van der Waals surface area contributed by atoms with Crippen molar-refractivity contribution < 1.29 is 4.79 Å². The van der Waals surface area contributed by atoms with Crippen molar-refractivity contribution in [2.45, 2.75) is 6.92 Å². The monoisotopic (exact) mass is 377 g/mol. The van der Waals surface area contributed by atoms with Gasteiger partial charge in [-0.2, -0.15) is 0 Å². The molecule has 0 spiro atoms. The highest BCUT2D eigenvalue weighted by molar-refractivity contribution is 6.00. The van der Waals surface area contributed by atoms with Gasteiger partial charge in [0.25, 0.3) is 0 Å². The van der Waals surface area contributed by atoms with Crippen molar-refractivity contribution in [1.29, 1.82) is 0 Å². The van der Waals surface area contributed by atoms with Gasteiger partial charge >= 0.3 is 0 Å². The van der Waals surface area contributed by atoms with Crippen LogP contribution in [0, 0.1) is 6.92 Å². The van der Waals surface area contributed by atoms with Gasteiger partial charge in [0.15, 0.2) is 0 Å². The molecule has 2 N–H and O–H groups in total. The lowest BCUT2D eigenvalue weighted by molar-refractivity contribution is 0.100. The first-order valence-corrected chi connectivity index (χ1v) is 9.48. The third-order valence-corrected chi connectivity index (χ3v) is 5.35. The number of rotatable bonds is 3. The van der Waals surface area contributed by atoms with E-state index in [1.54, 1.807) is 12.1 Å². The second kappa shape index (κ2) is 6.60. The number of carbonyl (C=O) groups excluding carboxylic acids is 1. The average molecular weight is 377 g/mol. The number of hydrogen-bond acceptors (Lipinski definition) is 2. The van der Waals surface area contributed by atoms with E-state index >= 15 is 0 Å². The third-order valence-electron chi connectivity index (χ3n) is 5.35. The van der Waals surface area contributed by atoms with E-state index < -0.39 is 5.91 Å². The van der Waals surface area contributed by atoms with Crippen molar-refractivity contribution in [2.75, 3.05) is 0 Å². The molecule has 0 saturated carbocycles. The molecule has 2 aromatic heterocycles. The van der Waals surface area contributed by atoms with Crippen LogP contribution in [0.4, 0.5) is 0 Å². The number of amides is 1. The number of benzene rings is 3. The molecule has 0 bridgehead atoms. The molecule has 3 aromatic carbocycles. The molecule has 4 nitrogen and oxygen atoms in total. The van der Waals surface area contributed by atoms with E-state index in [1.165, 1.54) is 10.9 Å². The minimum Gasteiger partial charge on any atom is -0.366 e. The molecule has 140 valence electrons. The van der Waals surface area contributed by atoms with Gasteiger partial charge in [-0.25, -0.2) is 0 Å². The van der Waals surface area contributed by atoms with Gasteiger partial charge in [0, 0.05) is 40.0 Å². The van der Waals surface area contributed by atoms with Crippen molar-refractivity contribution >= 4 is 27.7 Å². The van der Waals surface area contributed by atoms with Crippen molar-refractivity contribution in [3.8, 4) is 16.8 Å². The number of fused-ring (bicyclic) bond motifs is 2. The number of primary amides is 1. The predicted octanol–water partition coefficient (Wildman–Crippen LogP) is 5.25. The second-order valence-electron chi connectivity index (χ2n) is 7.21. The van der Waals surface area contributed by atoms with Crippen LogP contribution in [-0.2, 0) is 0 Å². The highest BCUT2D eigenvalue weighted by Crippen LogP contribution is 2.34. The Hall–Kier alpha value is -3.92. The Balaban J connectivity index is 1.69. The molecule has 0 aliphatic heterocycles. The van der Waals surface area contributed by atoms with Gasteiger partial charge in [-0.15, -0.1) is 0 Å². The Morgan fingerprint density at radius 3 is 2.55 bits per heavy atom. The van der Waals surface area contributed by atoms with E-state index in [9.17, 15) is 4.79 Å². The molecule has 0 radical (unpaired) electrons. The molecule has 0 aliphatic rings. The fourth-order valence-electron chi connectivity index (χ4n) is 3.94. The zero-order valence-corrected chi connectivity index (χ0v) is 16.0. The fourth-order valence-corrected chi connectivity index (χ4v) is 3.94. The maximum atomic E-state index is 11.4. The van der Waals surface area contributed by atoms with Crippen LogP contribution < -0.4 is 5.73 Å². The average Bonchev–Trinajstić information content (AvgIpc) is 3.10. The fraction of sp³-hybridized carbons (Fsp3) is 0.0400. The third kappa shape index (κ3) is 2.86. The summed E-state index contributed by atoms with van der Waals surface area (Å²) < 4.78 is 2.15. The van der Waals surface area contributed by atoms with Gasteiger partial charge in [0.05, 0.1) is 11.0 Å². The lowest BCUT2D eigenvalue weighted by Crippen LogP contribution is -2.10. The van der Waals surface area contributed by atoms with Crippen LogP contribution in [0.1, 0.15) is 15.9 Å². The molecular formula is C25H19N3O. The number of aromatic nitrogens is 2. The maximum Gasteiger partial charge on any atom is 0.248 e. The summed E-state index contributed by atoms with van der Waals surface area (Å²) in [6.07, 6.45) is 4.07. The van der Waals surface area contributed by atoms with E-state index in [0.717, 1.165) is 33.2 Å². The molecule has 0 saturated heterocycles. The van der Waals surface area contributed by atoms with Gasteiger partial charge < -0.3 is 10.3 Å². The van der Waals surface area contributed by atoms with Crippen LogP contribution in [0.2, 0.25) is 0 Å². The quantitative estimate of drug-likeness (QED) is 0.467. The summed E-state index contributed by atoms with van der Waals surface area (Å²) in [4.78, 5) is 16.0. The zero-order valence-electron chi connectivity index (χ0n) is 16.0. The van der Waals surface area contributed by atoms with Gasteiger partial charge in [-0.1, -0.05) is 30.3 Å². The normalized spacial score (nSPS) is 11.2. The Morgan fingerprint density at radius 1 is 0.966 bits per heavy atom. The smallest absolute Gasteiger partial charge is 0.248 e. The van der Waals surface area contributed by atoms with Crippen LogP contribution in [0.3, 0.4) is 0 Å². The summed E-state index contributed by atoms with van der Waals surface area (Å²) in [5.74, 6) is -0.420. The van der Waals surface area contributed by atoms with E-state index in [1.807, 2.05) is 36.5 Å². The first-order valence-electron chi connectivity index (χ1n) is 9.48. The molecule has 5 rings (SSSR count). The first kappa shape index (κ1) is 17.2. The number of para-hydroxylation sites is 1. The molecule has 1 amide bonds. The topological polar surface area (TPSA) is 60.9 Å². The molecule has 0 atom stereocenters. The molecule has 0 unspecified atom stereocenters. The lowest BCUT2D eigenvalue weighted by atomic mass is 10.00. The Kier molecular flexibility index (Phi) is 3.91. The van der Waals surface area contributed by atoms with Gasteiger partial charge in [-0.05, 0) is 60.5 Å². The van der Waals surface area contributed by atoms with Gasteiger partial charge in [0.2, 0.25) is 5.91 Å². The molecule has 0 aliphatic carbocycles. The number of nitrogens with zero attached hydrogens (tertiary/aromatic N) is 2. The van der Waals surface area contributed by atoms with E-state index in [-0.39, 0.29) is 0 Å². The zero-order chi connectivity index (χ0) is 20.0. The molecule has 5 aromatic rings. The molecule has 29 heavy (non-hydrogen) atoms. The van der Waals surface area contributed by atoms with Gasteiger partial charge in [-0.3, -0.25) is 9.78 Å². The summed E-state index contributed by atoms with van der Waals surface area (Å²) >= 11 is 0. The summed E-state index contributed by atoms with van der Waals surface area (Å²) in [5.41, 5.74) is 12.4.